The first-order chi connectivity index (χ1) is 9.25. The molecule has 3 rings (SSSR count). The van der Waals surface area contributed by atoms with Crippen LogP contribution in [-0.4, -0.2) is 6.61 Å². The quantitative estimate of drug-likeness (QED) is 0.884. The van der Waals surface area contributed by atoms with Gasteiger partial charge in [-0.15, -0.1) is 0 Å². The fraction of sp³-hybridized carbons (Fsp3) is 0.250. The Morgan fingerprint density at radius 3 is 2.89 bits per heavy atom. The second-order valence-corrected chi connectivity index (χ2v) is 5.68. The summed E-state index contributed by atoms with van der Waals surface area (Å²) in [5.41, 5.74) is 5.00. The van der Waals surface area contributed by atoms with E-state index in [1.54, 1.807) is 0 Å². The van der Waals surface area contributed by atoms with E-state index in [2.05, 4.69) is 70.6 Å². The Kier molecular flexibility index (Phi) is 3.58. The molecule has 19 heavy (non-hydrogen) atoms. The fourth-order valence-corrected chi connectivity index (χ4v) is 2.82. The van der Waals surface area contributed by atoms with Gasteiger partial charge in [-0.05, 0) is 35.7 Å². The van der Waals surface area contributed by atoms with Gasteiger partial charge >= 0.3 is 0 Å². The lowest BCUT2D eigenvalue weighted by molar-refractivity contribution is 0.0970. The molecule has 0 bridgehead atoms. The molecule has 98 valence electrons. The summed E-state index contributed by atoms with van der Waals surface area (Å²) in [6.45, 7) is 3.54. The van der Waals surface area contributed by atoms with Gasteiger partial charge < -0.3 is 10.1 Å². The van der Waals surface area contributed by atoms with E-state index in [0.29, 0.717) is 13.2 Å². The van der Waals surface area contributed by atoms with E-state index in [-0.39, 0.29) is 6.04 Å². The van der Waals surface area contributed by atoms with Gasteiger partial charge in [0, 0.05) is 10.2 Å². The maximum atomic E-state index is 5.68. The van der Waals surface area contributed by atoms with Crippen molar-refractivity contribution in [3.63, 3.8) is 0 Å². The lowest BCUT2D eigenvalue weighted by Gasteiger charge is -2.28. The van der Waals surface area contributed by atoms with Gasteiger partial charge in [-0.3, -0.25) is 0 Å². The molecule has 0 aliphatic carbocycles. The fourth-order valence-electron chi connectivity index (χ4n) is 2.45. The lowest BCUT2D eigenvalue weighted by Crippen LogP contribution is -2.23. The minimum absolute atomic E-state index is 0.220. The van der Waals surface area contributed by atoms with Gasteiger partial charge in [0.1, 0.15) is 0 Å². The first kappa shape index (κ1) is 12.7. The highest BCUT2D eigenvalue weighted by Crippen LogP contribution is 2.31. The Bertz CT molecular complexity index is 597. The maximum Gasteiger partial charge on any atom is 0.0751 e. The van der Waals surface area contributed by atoms with Crippen molar-refractivity contribution in [1.29, 1.82) is 0 Å². The SMILES string of the molecule is Cc1c(Br)cccc1NC1COCc2ccccc21. The third kappa shape index (κ3) is 2.53. The number of rotatable bonds is 2. The predicted octanol–water partition coefficient (Wildman–Crippen LogP) is 4.44. The number of hydrogen-bond acceptors (Lipinski definition) is 2. The second kappa shape index (κ2) is 5.35. The first-order valence-electron chi connectivity index (χ1n) is 6.43. The van der Waals surface area contributed by atoms with Crippen LogP contribution in [0.5, 0.6) is 0 Å². The van der Waals surface area contributed by atoms with Gasteiger partial charge in [0.2, 0.25) is 0 Å². The zero-order valence-electron chi connectivity index (χ0n) is 10.8. The minimum Gasteiger partial charge on any atom is -0.376 e. The molecule has 0 spiro atoms. The number of benzene rings is 2. The highest BCUT2D eigenvalue weighted by molar-refractivity contribution is 9.10. The molecule has 2 aromatic carbocycles. The molecule has 0 aromatic heterocycles. The molecule has 1 aliphatic heterocycles. The van der Waals surface area contributed by atoms with Crippen molar-refractivity contribution >= 4 is 21.6 Å². The summed E-state index contributed by atoms with van der Waals surface area (Å²) in [5.74, 6) is 0. The number of hydrogen-bond donors (Lipinski definition) is 1. The molecule has 0 fully saturated rings. The van der Waals surface area contributed by atoms with E-state index in [0.717, 1.165) is 10.2 Å². The average Bonchev–Trinajstić information content (AvgIpc) is 2.44. The average molecular weight is 318 g/mol. The summed E-state index contributed by atoms with van der Waals surface area (Å²) >= 11 is 3.57. The molecule has 3 heteroatoms. The van der Waals surface area contributed by atoms with Gasteiger partial charge in [0.05, 0.1) is 19.3 Å². The number of fused-ring (bicyclic) bond motifs is 1. The van der Waals surface area contributed by atoms with Gasteiger partial charge in [0.15, 0.2) is 0 Å². The van der Waals surface area contributed by atoms with Crippen molar-refractivity contribution in [2.45, 2.75) is 19.6 Å². The standard InChI is InChI=1S/C16H16BrNO/c1-11-14(17)7-4-8-15(11)18-16-10-19-9-12-5-2-3-6-13(12)16/h2-8,16,18H,9-10H2,1H3. The van der Waals surface area contributed by atoms with Crippen LogP contribution >= 0.6 is 15.9 Å². The van der Waals surface area contributed by atoms with Crippen molar-refractivity contribution in [3.8, 4) is 0 Å². The van der Waals surface area contributed by atoms with Gasteiger partial charge in [-0.25, -0.2) is 0 Å². The molecule has 1 N–H and O–H groups in total. The van der Waals surface area contributed by atoms with Crippen LogP contribution < -0.4 is 5.32 Å². The van der Waals surface area contributed by atoms with Crippen molar-refractivity contribution < 1.29 is 4.74 Å². The minimum atomic E-state index is 0.220. The largest absolute Gasteiger partial charge is 0.376 e. The molecule has 0 amide bonds. The number of nitrogens with one attached hydrogen (secondary N) is 1. The Morgan fingerprint density at radius 1 is 1.16 bits per heavy atom. The third-order valence-electron chi connectivity index (χ3n) is 3.57. The van der Waals surface area contributed by atoms with Crippen LogP contribution in [0.25, 0.3) is 0 Å². The number of ether oxygens (including phenoxy) is 1. The van der Waals surface area contributed by atoms with Crippen molar-refractivity contribution in [1.82, 2.24) is 0 Å². The molecular formula is C16H16BrNO. The lowest BCUT2D eigenvalue weighted by atomic mass is 9.98. The molecule has 1 atom stereocenters. The maximum absolute atomic E-state index is 5.68. The first-order valence-corrected chi connectivity index (χ1v) is 7.22. The van der Waals surface area contributed by atoms with Gasteiger partial charge in [0.25, 0.3) is 0 Å². The van der Waals surface area contributed by atoms with Crippen LogP contribution in [0.2, 0.25) is 0 Å². The highest BCUT2D eigenvalue weighted by Gasteiger charge is 2.20. The van der Waals surface area contributed by atoms with E-state index < -0.39 is 0 Å². The molecule has 0 radical (unpaired) electrons. The number of halogens is 1. The zero-order valence-corrected chi connectivity index (χ0v) is 12.4. The van der Waals surface area contributed by atoms with Crippen molar-refractivity contribution in [2.24, 2.45) is 0 Å². The Balaban J connectivity index is 1.91. The third-order valence-corrected chi connectivity index (χ3v) is 4.43. The van der Waals surface area contributed by atoms with Crippen LogP contribution in [0.3, 0.4) is 0 Å². The summed E-state index contributed by atoms with van der Waals surface area (Å²) in [6, 6.07) is 14.9. The molecule has 1 unspecified atom stereocenters. The molecule has 1 heterocycles. The Labute approximate surface area is 121 Å². The molecule has 1 aliphatic rings. The molecule has 2 nitrogen and oxygen atoms in total. The van der Waals surface area contributed by atoms with E-state index in [9.17, 15) is 0 Å². The molecule has 0 saturated heterocycles. The topological polar surface area (TPSA) is 21.3 Å². The van der Waals surface area contributed by atoms with Crippen LogP contribution in [0.1, 0.15) is 22.7 Å². The van der Waals surface area contributed by atoms with E-state index >= 15 is 0 Å². The predicted molar refractivity (Wildman–Crippen MR) is 81.3 cm³/mol. The van der Waals surface area contributed by atoms with Gasteiger partial charge in [-0.2, -0.15) is 0 Å². The molecule has 2 aromatic rings. The number of anilines is 1. The molecular weight excluding hydrogens is 302 g/mol. The highest BCUT2D eigenvalue weighted by atomic mass is 79.9. The second-order valence-electron chi connectivity index (χ2n) is 4.82. The van der Waals surface area contributed by atoms with E-state index in [4.69, 9.17) is 4.74 Å². The van der Waals surface area contributed by atoms with Crippen LogP contribution in [0, 0.1) is 6.92 Å². The van der Waals surface area contributed by atoms with Crippen LogP contribution in [0.4, 0.5) is 5.69 Å². The zero-order chi connectivity index (χ0) is 13.2. The Morgan fingerprint density at radius 2 is 2.00 bits per heavy atom. The summed E-state index contributed by atoms with van der Waals surface area (Å²) in [5, 5.41) is 3.59. The monoisotopic (exact) mass is 317 g/mol. The molecule has 0 saturated carbocycles. The van der Waals surface area contributed by atoms with Crippen molar-refractivity contribution in [2.75, 3.05) is 11.9 Å². The van der Waals surface area contributed by atoms with Crippen LogP contribution in [-0.2, 0) is 11.3 Å². The summed E-state index contributed by atoms with van der Waals surface area (Å²) in [6.07, 6.45) is 0. The normalized spacial score (nSPS) is 17.9. The van der Waals surface area contributed by atoms with Crippen LogP contribution in [0.15, 0.2) is 46.9 Å². The van der Waals surface area contributed by atoms with Crippen molar-refractivity contribution in [3.05, 3.63) is 63.6 Å². The van der Waals surface area contributed by atoms with E-state index in [1.807, 2.05) is 0 Å². The summed E-state index contributed by atoms with van der Waals surface area (Å²) in [7, 11) is 0. The van der Waals surface area contributed by atoms with Gasteiger partial charge in [-0.1, -0.05) is 46.3 Å². The smallest absolute Gasteiger partial charge is 0.0751 e. The summed E-state index contributed by atoms with van der Waals surface area (Å²) < 4.78 is 6.80. The van der Waals surface area contributed by atoms with E-state index in [1.165, 1.54) is 16.7 Å². The summed E-state index contributed by atoms with van der Waals surface area (Å²) in [4.78, 5) is 0. The Hall–Kier alpha value is -1.32.